The van der Waals surface area contributed by atoms with Crippen molar-refractivity contribution in [3.63, 3.8) is 0 Å². The molecule has 1 saturated carbocycles. The Bertz CT molecular complexity index is 439. The van der Waals surface area contributed by atoms with Crippen LogP contribution in [-0.4, -0.2) is 25.7 Å². The van der Waals surface area contributed by atoms with E-state index >= 15 is 0 Å². The molecule has 0 saturated heterocycles. The molecule has 0 heterocycles. The number of carbonyl (C=O) groups excluding carboxylic acids is 1. The van der Waals surface area contributed by atoms with Crippen molar-refractivity contribution >= 4 is 5.91 Å². The number of amides is 1. The van der Waals surface area contributed by atoms with Crippen molar-refractivity contribution in [2.75, 3.05) is 13.7 Å². The van der Waals surface area contributed by atoms with Crippen molar-refractivity contribution < 1.29 is 14.3 Å². The Morgan fingerprint density at radius 1 is 1.32 bits per heavy atom. The van der Waals surface area contributed by atoms with Gasteiger partial charge in [0.1, 0.15) is 0 Å². The maximum Gasteiger partial charge on any atom is 0.251 e. The quantitative estimate of drug-likeness (QED) is 0.888. The Morgan fingerprint density at radius 2 is 2.05 bits per heavy atom. The zero-order valence-corrected chi connectivity index (χ0v) is 11.6. The van der Waals surface area contributed by atoms with Crippen molar-refractivity contribution in [2.24, 2.45) is 0 Å². The lowest BCUT2D eigenvalue weighted by Crippen LogP contribution is -2.32. The molecule has 1 N–H and O–H groups in total. The summed E-state index contributed by atoms with van der Waals surface area (Å²) in [7, 11) is 1.59. The second-order valence-electron chi connectivity index (χ2n) is 4.75. The lowest BCUT2D eigenvalue weighted by molar-refractivity contribution is 0.0937. The number of methoxy groups -OCH3 is 1. The van der Waals surface area contributed by atoms with Gasteiger partial charge in [-0.25, -0.2) is 0 Å². The van der Waals surface area contributed by atoms with Gasteiger partial charge in [-0.2, -0.15) is 0 Å². The third-order valence-corrected chi connectivity index (χ3v) is 3.42. The molecule has 2 rings (SSSR count). The minimum Gasteiger partial charge on any atom is -0.493 e. The summed E-state index contributed by atoms with van der Waals surface area (Å²) in [6.07, 6.45) is 4.58. The number of rotatable bonds is 5. The van der Waals surface area contributed by atoms with E-state index in [1.807, 2.05) is 6.92 Å². The molecule has 1 aliphatic rings. The van der Waals surface area contributed by atoms with E-state index < -0.39 is 0 Å². The molecule has 1 aromatic carbocycles. The van der Waals surface area contributed by atoms with Crippen LogP contribution < -0.4 is 14.8 Å². The molecule has 0 aliphatic heterocycles. The van der Waals surface area contributed by atoms with Gasteiger partial charge >= 0.3 is 0 Å². The lowest BCUT2D eigenvalue weighted by atomic mass is 10.1. The van der Waals surface area contributed by atoms with E-state index in [-0.39, 0.29) is 5.91 Å². The molecule has 0 spiro atoms. The first-order chi connectivity index (χ1) is 9.24. The highest BCUT2D eigenvalue weighted by molar-refractivity contribution is 5.95. The second kappa shape index (κ2) is 6.45. The molecule has 104 valence electrons. The number of ether oxygens (including phenoxy) is 2. The van der Waals surface area contributed by atoms with Crippen LogP contribution in [0.25, 0.3) is 0 Å². The molecule has 1 aliphatic carbocycles. The van der Waals surface area contributed by atoms with Crippen LogP contribution in [0.1, 0.15) is 43.0 Å². The molecular weight excluding hydrogens is 242 g/mol. The van der Waals surface area contributed by atoms with E-state index in [4.69, 9.17) is 9.47 Å². The molecule has 1 aromatic rings. The van der Waals surface area contributed by atoms with Crippen molar-refractivity contribution in [3.8, 4) is 11.5 Å². The van der Waals surface area contributed by atoms with Crippen molar-refractivity contribution in [1.29, 1.82) is 0 Å². The van der Waals surface area contributed by atoms with Gasteiger partial charge in [0, 0.05) is 11.6 Å². The number of carbonyl (C=O) groups is 1. The summed E-state index contributed by atoms with van der Waals surface area (Å²) in [6, 6.07) is 5.61. The summed E-state index contributed by atoms with van der Waals surface area (Å²) in [6.45, 7) is 2.45. The average Bonchev–Trinajstić information content (AvgIpc) is 2.92. The summed E-state index contributed by atoms with van der Waals surface area (Å²) in [4.78, 5) is 12.1. The highest BCUT2D eigenvalue weighted by Crippen LogP contribution is 2.28. The minimum absolute atomic E-state index is 0.0319. The monoisotopic (exact) mass is 263 g/mol. The van der Waals surface area contributed by atoms with E-state index in [1.54, 1.807) is 25.3 Å². The van der Waals surface area contributed by atoms with Crippen LogP contribution in [0.5, 0.6) is 11.5 Å². The van der Waals surface area contributed by atoms with E-state index in [0.29, 0.717) is 29.7 Å². The fraction of sp³-hybridized carbons (Fsp3) is 0.533. The number of hydrogen-bond acceptors (Lipinski definition) is 3. The van der Waals surface area contributed by atoms with Gasteiger partial charge in [0.2, 0.25) is 0 Å². The van der Waals surface area contributed by atoms with Crippen molar-refractivity contribution in [1.82, 2.24) is 5.32 Å². The molecule has 0 atom stereocenters. The van der Waals surface area contributed by atoms with Gasteiger partial charge in [0.15, 0.2) is 11.5 Å². The third-order valence-electron chi connectivity index (χ3n) is 3.42. The predicted octanol–water partition coefficient (Wildman–Crippen LogP) is 2.77. The molecule has 0 aromatic heterocycles. The zero-order valence-electron chi connectivity index (χ0n) is 11.6. The van der Waals surface area contributed by atoms with Crippen LogP contribution in [0.2, 0.25) is 0 Å². The third kappa shape index (κ3) is 3.40. The van der Waals surface area contributed by atoms with Gasteiger partial charge < -0.3 is 14.8 Å². The van der Waals surface area contributed by atoms with Gasteiger partial charge in [-0.1, -0.05) is 12.8 Å². The van der Waals surface area contributed by atoms with Crippen LogP contribution in [0.3, 0.4) is 0 Å². The number of nitrogens with one attached hydrogen (secondary N) is 1. The Kier molecular flexibility index (Phi) is 4.66. The fourth-order valence-electron chi connectivity index (χ4n) is 2.43. The smallest absolute Gasteiger partial charge is 0.251 e. The van der Waals surface area contributed by atoms with Crippen molar-refractivity contribution in [2.45, 2.75) is 38.6 Å². The van der Waals surface area contributed by atoms with Gasteiger partial charge in [0.25, 0.3) is 5.91 Å². The maximum atomic E-state index is 12.1. The normalized spacial score (nSPS) is 15.3. The predicted molar refractivity (Wildman–Crippen MR) is 73.9 cm³/mol. The average molecular weight is 263 g/mol. The van der Waals surface area contributed by atoms with Gasteiger partial charge in [-0.15, -0.1) is 0 Å². The summed E-state index contributed by atoms with van der Waals surface area (Å²) < 4.78 is 10.7. The summed E-state index contributed by atoms with van der Waals surface area (Å²) in [5, 5.41) is 3.07. The Hall–Kier alpha value is -1.71. The summed E-state index contributed by atoms with van der Waals surface area (Å²) in [5.74, 6) is 1.24. The number of benzene rings is 1. The zero-order chi connectivity index (χ0) is 13.7. The van der Waals surface area contributed by atoms with Gasteiger partial charge in [0.05, 0.1) is 13.7 Å². The Morgan fingerprint density at radius 3 is 2.68 bits per heavy atom. The second-order valence-corrected chi connectivity index (χ2v) is 4.75. The maximum absolute atomic E-state index is 12.1. The highest BCUT2D eigenvalue weighted by Gasteiger charge is 2.18. The topological polar surface area (TPSA) is 47.6 Å². The molecular formula is C15H21NO3. The van der Waals surface area contributed by atoms with Gasteiger partial charge in [-0.3, -0.25) is 4.79 Å². The lowest BCUT2D eigenvalue weighted by Gasteiger charge is -2.14. The van der Waals surface area contributed by atoms with Gasteiger partial charge in [-0.05, 0) is 38.0 Å². The van der Waals surface area contributed by atoms with Crippen LogP contribution in [0.15, 0.2) is 18.2 Å². The van der Waals surface area contributed by atoms with Crippen LogP contribution in [0, 0.1) is 0 Å². The first-order valence-electron chi connectivity index (χ1n) is 6.86. The molecule has 0 bridgehead atoms. The molecule has 0 unspecified atom stereocenters. The van der Waals surface area contributed by atoms with E-state index in [1.165, 1.54) is 12.8 Å². The molecule has 19 heavy (non-hydrogen) atoms. The van der Waals surface area contributed by atoms with E-state index in [2.05, 4.69) is 5.32 Å². The van der Waals surface area contributed by atoms with Crippen LogP contribution in [0.4, 0.5) is 0 Å². The molecule has 4 nitrogen and oxygen atoms in total. The molecule has 4 heteroatoms. The van der Waals surface area contributed by atoms with Crippen LogP contribution in [-0.2, 0) is 0 Å². The summed E-state index contributed by atoms with van der Waals surface area (Å²) in [5.41, 5.74) is 0.621. The first-order valence-corrected chi connectivity index (χ1v) is 6.86. The van der Waals surface area contributed by atoms with Crippen molar-refractivity contribution in [3.05, 3.63) is 23.8 Å². The standard InChI is InChI=1S/C15H21NO3/c1-3-19-14-10-11(8-9-13(14)18-2)15(17)16-12-6-4-5-7-12/h8-10,12H,3-7H2,1-2H3,(H,16,17). The SMILES string of the molecule is CCOc1cc(C(=O)NC2CCCC2)ccc1OC. The van der Waals surface area contributed by atoms with Crippen LogP contribution >= 0.6 is 0 Å². The molecule has 1 fully saturated rings. The Labute approximate surface area is 114 Å². The largest absolute Gasteiger partial charge is 0.493 e. The van der Waals surface area contributed by atoms with E-state index in [9.17, 15) is 4.79 Å². The first kappa shape index (κ1) is 13.7. The number of hydrogen-bond donors (Lipinski definition) is 1. The minimum atomic E-state index is -0.0319. The highest BCUT2D eigenvalue weighted by atomic mass is 16.5. The fourth-order valence-corrected chi connectivity index (χ4v) is 2.43. The molecule has 0 radical (unpaired) electrons. The Balaban J connectivity index is 2.10. The molecule has 1 amide bonds. The summed E-state index contributed by atoms with van der Waals surface area (Å²) >= 11 is 0. The van der Waals surface area contributed by atoms with E-state index in [0.717, 1.165) is 12.8 Å².